The van der Waals surface area contributed by atoms with Crippen molar-refractivity contribution in [3.63, 3.8) is 0 Å². The number of aryl methyl sites for hydroxylation is 3. The van der Waals surface area contributed by atoms with Gasteiger partial charge in [0.2, 0.25) is 5.91 Å². The highest BCUT2D eigenvalue weighted by atomic mass is 16.3. The summed E-state index contributed by atoms with van der Waals surface area (Å²) in [5.41, 5.74) is 6.00. The maximum atomic E-state index is 13.7. The number of aromatic hydroxyl groups is 1. The van der Waals surface area contributed by atoms with Crippen molar-refractivity contribution in [2.75, 3.05) is 10.2 Å². The first-order valence-electron chi connectivity index (χ1n) is 14.5. The number of para-hydroxylation sites is 1. The van der Waals surface area contributed by atoms with E-state index in [9.17, 15) is 9.90 Å². The molecule has 3 aromatic carbocycles. The first-order chi connectivity index (χ1) is 18.4. The molecule has 0 aliphatic rings. The second kappa shape index (κ2) is 15.2. The van der Waals surface area contributed by atoms with Gasteiger partial charge in [0.25, 0.3) is 0 Å². The third kappa shape index (κ3) is 8.65. The Kier molecular flexibility index (Phi) is 11.7. The van der Waals surface area contributed by atoms with Crippen molar-refractivity contribution in [3.05, 3.63) is 83.4 Å². The van der Waals surface area contributed by atoms with Gasteiger partial charge in [-0.05, 0) is 92.6 Å². The van der Waals surface area contributed by atoms with Gasteiger partial charge in [-0.2, -0.15) is 0 Å². The largest absolute Gasteiger partial charge is 0.507 e. The number of unbranched alkanes of at least 4 members (excludes halogenated alkanes) is 4. The van der Waals surface area contributed by atoms with Gasteiger partial charge in [-0.3, -0.25) is 4.79 Å². The average molecular weight is 515 g/mol. The van der Waals surface area contributed by atoms with E-state index in [0.717, 1.165) is 65.9 Å². The van der Waals surface area contributed by atoms with Gasteiger partial charge in [-0.15, -0.1) is 0 Å². The summed E-state index contributed by atoms with van der Waals surface area (Å²) in [7, 11) is 0. The summed E-state index contributed by atoms with van der Waals surface area (Å²) < 4.78 is 0. The van der Waals surface area contributed by atoms with Crippen molar-refractivity contribution >= 4 is 23.0 Å². The predicted molar refractivity (Wildman–Crippen MR) is 162 cm³/mol. The van der Waals surface area contributed by atoms with Crippen LogP contribution in [0.15, 0.2) is 66.7 Å². The molecule has 0 saturated heterocycles. The minimum atomic E-state index is 0.133. The normalized spacial score (nSPS) is 11.8. The number of benzene rings is 3. The molecule has 204 valence electrons. The third-order valence-electron chi connectivity index (χ3n) is 7.26. The van der Waals surface area contributed by atoms with E-state index < -0.39 is 0 Å². The molecule has 4 heteroatoms. The molecule has 1 atom stereocenters. The molecule has 0 heterocycles. The van der Waals surface area contributed by atoms with Gasteiger partial charge >= 0.3 is 0 Å². The number of phenolic OH excluding ortho intramolecular Hbond substituents is 1. The Balaban J connectivity index is 1.75. The standard InChI is InChI=1S/C34H46N2O2/c1-5-7-9-11-14-27(4)36(32-21-19-31(20-22-32)35-30-16-12-10-13-17-30)33(37)23-18-28-24-26(3)34(38)29(25-28)15-8-6-2/h10,12-13,16-17,19-22,24-25,27,35,38H,5-9,11,14-15,18,23H2,1-4H3. The van der Waals surface area contributed by atoms with Crippen LogP contribution in [0.3, 0.4) is 0 Å². The van der Waals surface area contributed by atoms with Crippen molar-refractivity contribution in [1.82, 2.24) is 0 Å². The molecule has 0 aliphatic heterocycles. The van der Waals surface area contributed by atoms with Crippen molar-refractivity contribution in [2.45, 2.75) is 97.9 Å². The molecule has 38 heavy (non-hydrogen) atoms. The molecule has 1 amide bonds. The van der Waals surface area contributed by atoms with E-state index >= 15 is 0 Å². The van der Waals surface area contributed by atoms with Crippen LogP contribution in [-0.4, -0.2) is 17.1 Å². The number of amides is 1. The van der Waals surface area contributed by atoms with E-state index in [-0.39, 0.29) is 11.9 Å². The molecule has 3 rings (SSSR count). The van der Waals surface area contributed by atoms with E-state index in [1.54, 1.807) is 0 Å². The number of rotatable bonds is 15. The Morgan fingerprint density at radius 2 is 1.55 bits per heavy atom. The molecule has 0 aliphatic carbocycles. The Bertz CT molecular complexity index is 1130. The first kappa shape index (κ1) is 29.3. The topological polar surface area (TPSA) is 52.6 Å². The van der Waals surface area contributed by atoms with Crippen LogP contribution in [0.1, 0.15) is 88.8 Å². The predicted octanol–water partition coefficient (Wildman–Crippen LogP) is 9.11. The number of carbonyl (C=O) groups is 1. The highest BCUT2D eigenvalue weighted by Crippen LogP contribution is 2.28. The first-order valence-corrected chi connectivity index (χ1v) is 14.5. The van der Waals surface area contributed by atoms with Crippen molar-refractivity contribution < 1.29 is 9.90 Å². The summed E-state index contributed by atoms with van der Waals surface area (Å²) in [5.74, 6) is 0.553. The number of hydrogen-bond donors (Lipinski definition) is 2. The van der Waals surface area contributed by atoms with Gasteiger partial charge in [-0.25, -0.2) is 0 Å². The number of nitrogens with zero attached hydrogens (tertiary/aromatic N) is 1. The van der Waals surface area contributed by atoms with Crippen LogP contribution in [0.4, 0.5) is 17.1 Å². The van der Waals surface area contributed by atoms with Crippen LogP contribution in [0.2, 0.25) is 0 Å². The Labute approximate surface area is 230 Å². The lowest BCUT2D eigenvalue weighted by molar-refractivity contribution is -0.119. The number of hydrogen-bond acceptors (Lipinski definition) is 3. The summed E-state index contributed by atoms with van der Waals surface area (Å²) in [6.07, 6.45) is 9.90. The molecule has 2 N–H and O–H groups in total. The second-order valence-corrected chi connectivity index (χ2v) is 10.5. The van der Waals surface area contributed by atoms with Crippen molar-refractivity contribution in [3.8, 4) is 5.75 Å². The summed E-state index contributed by atoms with van der Waals surface area (Å²) in [6.45, 7) is 8.51. The van der Waals surface area contributed by atoms with Crippen LogP contribution < -0.4 is 10.2 Å². The van der Waals surface area contributed by atoms with Gasteiger partial charge in [0.1, 0.15) is 5.75 Å². The lowest BCUT2D eigenvalue weighted by Crippen LogP contribution is -2.39. The Hall–Kier alpha value is -3.27. The molecule has 3 aromatic rings. The van der Waals surface area contributed by atoms with E-state index in [2.05, 4.69) is 56.4 Å². The van der Waals surface area contributed by atoms with Crippen molar-refractivity contribution in [2.24, 2.45) is 0 Å². The van der Waals surface area contributed by atoms with Gasteiger partial charge in [-0.1, -0.05) is 76.3 Å². The van der Waals surface area contributed by atoms with Gasteiger partial charge < -0.3 is 15.3 Å². The molecule has 0 saturated carbocycles. The highest BCUT2D eigenvalue weighted by molar-refractivity contribution is 5.94. The zero-order valence-electron chi connectivity index (χ0n) is 23.8. The maximum Gasteiger partial charge on any atom is 0.227 e. The average Bonchev–Trinajstić information content (AvgIpc) is 2.92. The summed E-state index contributed by atoms with van der Waals surface area (Å²) in [4.78, 5) is 15.7. The second-order valence-electron chi connectivity index (χ2n) is 10.5. The molecule has 0 bridgehead atoms. The maximum absolute atomic E-state index is 13.7. The zero-order valence-corrected chi connectivity index (χ0v) is 23.8. The van der Waals surface area contributed by atoms with Gasteiger partial charge in [0, 0.05) is 29.5 Å². The van der Waals surface area contributed by atoms with Crippen LogP contribution >= 0.6 is 0 Å². The fourth-order valence-corrected chi connectivity index (χ4v) is 5.04. The molecule has 0 fully saturated rings. The SMILES string of the molecule is CCCCCCC(C)N(C(=O)CCc1cc(C)c(O)c(CCCC)c1)c1ccc(Nc2ccccc2)cc1. The quantitative estimate of drug-likeness (QED) is 0.199. The van der Waals surface area contributed by atoms with Crippen LogP contribution in [0, 0.1) is 6.92 Å². The minimum Gasteiger partial charge on any atom is -0.507 e. The lowest BCUT2D eigenvalue weighted by atomic mass is 9.98. The fourth-order valence-electron chi connectivity index (χ4n) is 5.04. The van der Waals surface area contributed by atoms with Crippen LogP contribution in [0.5, 0.6) is 5.75 Å². The van der Waals surface area contributed by atoms with E-state index in [1.807, 2.05) is 48.2 Å². The van der Waals surface area contributed by atoms with Crippen LogP contribution in [0.25, 0.3) is 0 Å². The number of phenols is 1. The summed E-state index contributed by atoms with van der Waals surface area (Å²) >= 11 is 0. The third-order valence-corrected chi connectivity index (χ3v) is 7.26. The van der Waals surface area contributed by atoms with Gasteiger partial charge in [0.05, 0.1) is 0 Å². The van der Waals surface area contributed by atoms with Crippen molar-refractivity contribution in [1.29, 1.82) is 0 Å². The molecule has 1 unspecified atom stereocenters. The fraction of sp³-hybridized carbons (Fsp3) is 0.441. The van der Waals surface area contributed by atoms with E-state index in [4.69, 9.17) is 0 Å². The Morgan fingerprint density at radius 3 is 2.24 bits per heavy atom. The summed E-state index contributed by atoms with van der Waals surface area (Å²) in [5, 5.41) is 13.9. The molecule has 4 nitrogen and oxygen atoms in total. The van der Waals surface area contributed by atoms with E-state index in [0.29, 0.717) is 18.6 Å². The minimum absolute atomic E-state index is 0.133. The van der Waals surface area contributed by atoms with Gasteiger partial charge in [0.15, 0.2) is 0 Å². The van der Waals surface area contributed by atoms with E-state index in [1.165, 1.54) is 19.3 Å². The molecular weight excluding hydrogens is 468 g/mol. The molecule has 0 aromatic heterocycles. The Morgan fingerprint density at radius 1 is 0.868 bits per heavy atom. The number of anilines is 3. The van der Waals surface area contributed by atoms with Crippen LogP contribution in [-0.2, 0) is 17.6 Å². The lowest BCUT2D eigenvalue weighted by Gasteiger charge is -2.30. The monoisotopic (exact) mass is 514 g/mol. The smallest absolute Gasteiger partial charge is 0.227 e. The number of nitrogens with one attached hydrogen (secondary N) is 1. The molecule has 0 radical (unpaired) electrons. The molecule has 0 spiro atoms. The molecular formula is C34H46N2O2. The summed E-state index contributed by atoms with van der Waals surface area (Å²) in [6, 6.07) is 22.6. The highest BCUT2D eigenvalue weighted by Gasteiger charge is 2.22. The zero-order chi connectivity index (χ0) is 27.3. The number of carbonyl (C=O) groups excluding carboxylic acids is 1.